The maximum Gasteiger partial charge on any atom is 0.250 e. The molecule has 1 atom stereocenters. The minimum absolute atomic E-state index is 0.00125. The molecule has 162 valence electrons. The lowest BCUT2D eigenvalue weighted by Crippen LogP contribution is -2.36. The molecule has 1 unspecified atom stereocenters. The maximum atomic E-state index is 12.9. The van der Waals surface area contributed by atoms with Crippen LogP contribution in [0, 0.1) is 0 Å². The Morgan fingerprint density at radius 2 is 1.67 bits per heavy atom. The predicted molar refractivity (Wildman–Crippen MR) is 119 cm³/mol. The van der Waals surface area contributed by atoms with E-state index < -0.39 is 0 Å². The predicted octanol–water partition coefficient (Wildman–Crippen LogP) is 3.07. The Morgan fingerprint density at radius 1 is 1.00 bits per heavy atom. The number of carbonyl (C=O) groups excluding carboxylic acids is 2. The van der Waals surface area contributed by atoms with Crippen LogP contribution in [0.15, 0.2) is 48.5 Å². The number of ether oxygens (including phenoxy) is 2. The summed E-state index contributed by atoms with van der Waals surface area (Å²) in [7, 11) is 6.89. The number of nitrogens with one attached hydrogen (secondary N) is 1. The first-order valence-electron chi connectivity index (χ1n) is 9.79. The Hall–Kier alpha value is -2.90. The number of nitrogens with zero attached hydrogens (tertiary/aromatic N) is 2. The molecule has 0 fully saturated rings. The van der Waals surface area contributed by atoms with Gasteiger partial charge in [-0.1, -0.05) is 30.3 Å². The van der Waals surface area contributed by atoms with Crippen molar-refractivity contribution in [2.75, 3.05) is 51.7 Å². The molecule has 0 aromatic heterocycles. The van der Waals surface area contributed by atoms with Crippen LogP contribution in [0.2, 0.25) is 0 Å². The zero-order valence-corrected chi connectivity index (χ0v) is 18.3. The molecule has 2 aromatic rings. The molecule has 7 nitrogen and oxygen atoms in total. The second kappa shape index (κ2) is 11.3. The number of carbonyl (C=O) groups is 2. The zero-order chi connectivity index (χ0) is 22.1. The summed E-state index contributed by atoms with van der Waals surface area (Å²) in [6.07, 6.45) is 0. The second-order valence-corrected chi connectivity index (χ2v) is 7.26. The Kier molecular flexibility index (Phi) is 8.83. The normalized spacial score (nSPS) is 11.6. The molecule has 0 spiro atoms. The molecular weight excluding hydrogens is 382 g/mol. The fraction of sp³-hybridized carbons (Fsp3) is 0.391. The van der Waals surface area contributed by atoms with E-state index in [4.69, 9.17) is 9.47 Å². The van der Waals surface area contributed by atoms with Crippen LogP contribution in [-0.4, -0.2) is 58.2 Å². The summed E-state index contributed by atoms with van der Waals surface area (Å²) in [5, 5.41) is 2.83. The first-order chi connectivity index (χ1) is 14.4. The molecule has 2 aromatic carbocycles. The molecule has 0 radical (unpaired) electrons. The molecule has 0 saturated carbocycles. The van der Waals surface area contributed by atoms with Crippen LogP contribution in [0.5, 0.6) is 0 Å². The van der Waals surface area contributed by atoms with E-state index in [2.05, 4.69) is 5.32 Å². The van der Waals surface area contributed by atoms with Crippen molar-refractivity contribution in [2.24, 2.45) is 0 Å². The highest BCUT2D eigenvalue weighted by molar-refractivity contribution is 5.92. The Labute approximate surface area is 178 Å². The van der Waals surface area contributed by atoms with Gasteiger partial charge in [-0.25, -0.2) is 0 Å². The molecule has 2 amide bonds. The van der Waals surface area contributed by atoms with Gasteiger partial charge in [-0.3, -0.25) is 9.59 Å². The summed E-state index contributed by atoms with van der Waals surface area (Å²) in [6.45, 7) is 2.36. The van der Waals surface area contributed by atoms with Crippen molar-refractivity contribution in [3.8, 4) is 0 Å². The van der Waals surface area contributed by atoms with Crippen molar-refractivity contribution >= 4 is 23.2 Å². The average molecular weight is 414 g/mol. The van der Waals surface area contributed by atoms with E-state index in [1.165, 1.54) is 14.2 Å². The first kappa shape index (κ1) is 23.4. The summed E-state index contributed by atoms with van der Waals surface area (Å²) in [5.74, 6) is -0.335. The van der Waals surface area contributed by atoms with Crippen molar-refractivity contribution in [3.63, 3.8) is 0 Å². The van der Waals surface area contributed by atoms with Gasteiger partial charge in [0.2, 0.25) is 11.8 Å². The molecular formula is C23H31N3O4. The van der Waals surface area contributed by atoms with Gasteiger partial charge < -0.3 is 24.6 Å². The Bertz CT molecular complexity index is 840. The third kappa shape index (κ3) is 6.30. The van der Waals surface area contributed by atoms with Gasteiger partial charge in [-0.05, 0) is 36.2 Å². The van der Waals surface area contributed by atoms with Crippen LogP contribution in [0.4, 0.5) is 11.4 Å². The molecule has 0 aliphatic rings. The summed E-state index contributed by atoms with van der Waals surface area (Å²) >= 11 is 0. The first-order valence-corrected chi connectivity index (χ1v) is 9.79. The minimum Gasteiger partial charge on any atom is -0.377 e. The van der Waals surface area contributed by atoms with E-state index in [1.807, 2.05) is 74.4 Å². The lowest BCUT2D eigenvalue weighted by molar-refractivity contribution is -0.138. The number of amides is 2. The van der Waals surface area contributed by atoms with Crippen LogP contribution in [0.25, 0.3) is 0 Å². The van der Waals surface area contributed by atoms with Gasteiger partial charge in [0.05, 0.1) is 6.04 Å². The maximum absolute atomic E-state index is 12.9. The van der Waals surface area contributed by atoms with Crippen molar-refractivity contribution in [1.29, 1.82) is 0 Å². The molecule has 0 bridgehead atoms. The highest BCUT2D eigenvalue weighted by atomic mass is 16.5. The highest BCUT2D eigenvalue weighted by Gasteiger charge is 2.23. The molecule has 1 N–H and O–H groups in total. The minimum atomic E-state index is -0.231. The van der Waals surface area contributed by atoms with Gasteiger partial charge in [0.25, 0.3) is 0 Å². The van der Waals surface area contributed by atoms with Gasteiger partial charge in [0.1, 0.15) is 13.2 Å². The fourth-order valence-electron chi connectivity index (χ4n) is 3.30. The van der Waals surface area contributed by atoms with Crippen molar-refractivity contribution in [1.82, 2.24) is 4.90 Å². The lowest BCUT2D eigenvalue weighted by Gasteiger charge is -2.31. The van der Waals surface area contributed by atoms with E-state index in [0.29, 0.717) is 12.2 Å². The van der Waals surface area contributed by atoms with Crippen molar-refractivity contribution in [2.45, 2.75) is 19.5 Å². The molecule has 30 heavy (non-hydrogen) atoms. The van der Waals surface area contributed by atoms with Crippen molar-refractivity contribution < 1.29 is 19.1 Å². The molecule has 0 saturated heterocycles. The molecule has 7 heteroatoms. The monoisotopic (exact) mass is 413 g/mol. The fourth-order valence-corrected chi connectivity index (χ4v) is 3.30. The summed E-state index contributed by atoms with van der Waals surface area (Å²) in [5.41, 5.74) is 3.58. The largest absolute Gasteiger partial charge is 0.377 e. The number of anilines is 2. The van der Waals surface area contributed by atoms with E-state index in [-0.39, 0.29) is 31.1 Å². The second-order valence-electron chi connectivity index (χ2n) is 7.26. The molecule has 0 heterocycles. The summed E-state index contributed by atoms with van der Waals surface area (Å²) < 4.78 is 10.0. The third-order valence-corrected chi connectivity index (χ3v) is 4.80. The third-order valence-electron chi connectivity index (χ3n) is 4.80. The number of rotatable bonds is 10. The Morgan fingerprint density at radius 3 is 2.27 bits per heavy atom. The van der Waals surface area contributed by atoms with Gasteiger partial charge in [0.15, 0.2) is 0 Å². The van der Waals surface area contributed by atoms with Gasteiger partial charge in [0, 0.05) is 46.2 Å². The molecule has 0 aliphatic heterocycles. The SMILES string of the molecule is COCC(=O)Nc1ccc(N(C)C)c(CN(C(=O)COC)C(C)c2ccccc2)c1. The Balaban J connectivity index is 2.38. The number of hydrogen-bond acceptors (Lipinski definition) is 5. The summed E-state index contributed by atoms with van der Waals surface area (Å²) in [4.78, 5) is 28.6. The van der Waals surface area contributed by atoms with Crippen LogP contribution in [-0.2, 0) is 25.6 Å². The summed E-state index contributed by atoms with van der Waals surface area (Å²) in [6, 6.07) is 15.4. The standard InChI is InChI=1S/C23H31N3O4/c1-17(18-9-7-6-8-10-18)26(23(28)16-30-5)14-19-13-20(24-22(27)15-29-4)11-12-21(19)25(2)3/h6-13,17H,14-16H2,1-5H3,(H,24,27). The van der Waals surface area contributed by atoms with E-state index >= 15 is 0 Å². The van der Waals surface area contributed by atoms with Crippen LogP contribution >= 0.6 is 0 Å². The lowest BCUT2D eigenvalue weighted by atomic mass is 10.0. The van der Waals surface area contributed by atoms with Gasteiger partial charge >= 0.3 is 0 Å². The number of methoxy groups -OCH3 is 2. The van der Waals surface area contributed by atoms with E-state index in [0.717, 1.165) is 16.8 Å². The van der Waals surface area contributed by atoms with E-state index in [9.17, 15) is 9.59 Å². The van der Waals surface area contributed by atoms with Crippen LogP contribution < -0.4 is 10.2 Å². The topological polar surface area (TPSA) is 71.1 Å². The highest BCUT2D eigenvalue weighted by Crippen LogP contribution is 2.28. The smallest absolute Gasteiger partial charge is 0.250 e. The van der Waals surface area contributed by atoms with Crippen molar-refractivity contribution in [3.05, 3.63) is 59.7 Å². The van der Waals surface area contributed by atoms with Crippen LogP contribution in [0.3, 0.4) is 0 Å². The van der Waals surface area contributed by atoms with E-state index in [1.54, 1.807) is 4.90 Å². The quantitative estimate of drug-likeness (QED) is 0.648. The average Bonchev–Trinajstić information content (AvgIpc) is 2.72. The van der Waals surface area contributed by atoms with Gasteiger partial charge in [-0.15, -0.1) is 0 Å². The van der Waals surface area contributed by atoms with Crippen LogP contribution in [0.1, 0.15) is 24.1 Å². The molecule has 2 rings (SSSR count). The van der Waals surface area contributed by atoms with Gasteiger partial charge in [-0.2, -0.15) is 0 Å². The molecule has 0 aliphatic carbocycles. The zero-order valence-electron chi connectivity index (χ0n) is 18.3. The number of hydrogen-bond donors (Lipinski definition) is 1. The number of benzene rings is 2.